The van der Waals surface area contributed by atoms with Gasteiger partial charge in [0, 0.05) is 26.4 Å². The first kappa shape index (κ1) is 15.5. The third-order valence-electron chi connectivity index (χ3n) is 4.42. The summed E-state index contributed by atoms with van der Waals surface area (Å²) in [7, 11) is 0. The number of benzene rings is 2. The molecule has 1 fully saturated rings. The molecule has 2 aromatic carbocycles. The van der Waals surface area contributed by atoms with E-state index >= 15 is 0 Å². The Morgan fingerprint density at radius 2 is 1.96 bits per heavy atom. The van der Waals surface area contributed by atoms with Crippen molar-refractivity contribution in [3.05, 3.63) is 48.0 Å². The maximum Gasteiger partial charge on any atom is 0.310 e. The zero-order valence-corrected chi connectivity index (χ0v) is 13.3. The average Bonchev–Trinajstić information content (AvgIpc) is 3.05. The van der Waals surface area contributed by atoms with Crippen molar-refractivity contribution in [2.75, 3.05) is 19.7 Å². The van der Waals surface area contributed by atoms with Gasteiger partial charge in [-0.3, -0.25) is 9.59 Å². The lowest BCUT2D eigenvalue weighted by Gasteiger charge is -2.13. The quantitative estimate of drug-likeness (QED) is 0.816. The highest BCUT2D eigenvalue weighted by molar-refractivity contribution is 5.83. The molecule has 1 heterocycles. The highest BCUT2D eigenvalue weighted by Gasteiger charge is 2.30. The van der Waals surface area contributed by atoms with Gasteiger partial charge in [-0.15, -0.1) is 0 Å². The molecular formula is C19H21NO3. The first-order valence-electron chi connectivity index (χ1n) is 8.03. The molecular weight excluding hydrogens is 290 g/mol. The van der Waals surface area contributed by atoms with Crippen LogP contribution in [0.15, 0.2) is 42.5 Å². The first-order valence-corrected chi connectivity index (χ1v) is 8.03. The van der Waals surface area contributed by atoms with Gasteiger partial charge in [-0.1, -0.05) is 42.5 Å². The van der Waals surface area contributed by atoms with Crippen LogP contribution in [0, 0.1) is 5.92 Å². The van der Waals surface area contributed by atoms with E-state index in [0.717, 1.165) is 5.56 Å². The van der Waals surface area contributed by atoms with E-state index in [9.17, 15) is 9.59 Å². The number of carbonyl (C=O) groups is 2. The fourth-order valence-electron chi connectivity index (χ4n) is 3.02. The summed E-state index contributed by atoms with van der Waals surface area (Å²) in [6.45, 7) is 3.06. The number of rotatable bonds is 4. The molecule has 23 heavy (non-hydrogen) atoms. The van der Waals surface area contributed by atoms with Gasteiger partial charge in [0.2, 0.25) is 5.91 Å². The third-order valence-corrected chi connectivity index (χ3v) is 4.42. The number of nitrogens with zero attached hydrogens (tertiary/aromatic N) is 1. The normalized spacial score (nSPS) is 17.4. The summed E-state index contributed by atoms with van der Waals surface area (Å²) in [5.41, 5.74) is 1.16. The van der Waals surface area contributed by atoms with Gasteiger partial charge in [0.1, 0.15) is 0 Å². The molecule has 4 heteroatoms. The van der Waals surface area contributed by atoms with E-state index in [1.165, 1.54) is 17.7 Å². The molecule has 0 unspecified atom stereocenters. The van der Waals surface area contributed by atoms with Crippen LogP contribution in [0.1, 0.15) is 18.9 Å². The van der Waals surface area contributed by atoms with Crippen molar-refractivity contribution in [3.8, 4) is 0 Å². The average molecular weight is 311 g/mol. The largest absolute Gasteiger partial charge is 0.465 e. The summed E-state index contributed by atoms with van der Waals surface area (Å²) in [6, 6.07) is 14.5. The highest BCUT2D eigenvalue weighted by atomic mass is 16.5. The minimum atomic E-state index is -0.186. The molecule has 0 bridgehead atoms. The molecule has 1 aliphatic rings. The van der Waals surface area contributed by atoms with E-state index < -0.39 is 0 Å². The third kappa shape index (κ3) is 3.70. The zero-order valence-electron chi connectivity index (χ0n) is 13.3. The zero-order chi connectivity index (χ0) is 16.2. The Morgan fingerprint density at radius 3 is 2.70 bits per heavy atom. The Kier molecular flexibility index (Phi) is 4.60. The maximum atomic E-state index is 12.1. The maximum absolute atomic E-state index is 12.1. The molecule has 1 amide bonds. The van der Waals surface area contributed by atoms with Crippen molar-refractivity contribution in [2.24, 2.45) is 5.92 Å². The lowest BCUT2D eigenvalue weighted by atomic mass is 10.1. The van der Waals surface area contributed by atoms with Crippen LogP contribution in [-0.4, -0.2) is 36.5 Å². The van der Waals surface area contributed by atoms with Crippen LogP contribution in [0.25, 0.3) is 10.8 Å². The Balaban J connectivity index is 1.50. The van der Waals surface area contributed by atoms with E-state index in [2.05, 4.69) is 30.3 Å². The summed E-state index contributed by atoms with van der Waals surface area (Å²) in [5.74, 6) is -0.332. The Bertz CT molecular complexity index is 725. The minimum Gasteiger partial charge on any atom is -0.465 e. The number of hydrogen-bond donors (Lipinski definition) is 0. The molecule has 0 aliphatic carbocycles. The molecule has 120 valence electrons. The smallest absolute Gasteiger partial charge is 0.310 e. The van der Waals surface area contributed by atoms with E-state index in [0.29, 0.717) is 32.5 Å². The van der Waals surface area contributed by atoms with Crippen molar-refractivity contribution in [1.82, 2.24) is 4.90 Å². The van der Waals surface area contributed by atoms with Gasteiger partial charge in [-0.2, -0.15) is 0 Å². The van der Waals surface area contributed by atoms with Crippen molar-refractivity contribution >= 4 is 22.6 Å². The van der Waals surface area contributed by atoms with Gasteiger partial charge in [0.15, 0.2) is 0 Å². The fourth-order valence-corrected chi connectivity index (χ4v) is 3.02. The number of amides is 1. The van der Waals surface area contributed by atoms with Gasteiger partial charge in [-0.25, -0.2) is 0 Å². The van der Waals surface area contributed by atoms with E-state index in [1.54, 1.807) is 4.90 Å². The summed E-state index contributed by atoms with van der Waals surface area (Å²) < 4.78 is 5.39. The first-order chi connectivity index (χ1) is 11.1. The van der Waals surface area contributed by atoms with Crippen LogP contribution >= 0.6 is 0 Å². The Labute approximate surface area is 136 Å². The topological polar surface area (TPSA) is 46.6 Å². The number of esters is 1. The summed E-state index contributed by atoms with van der Waals surface area (Å²) in [6.07, 6.45) is 1.41. The van der Waals surface area contributed by atoms with Crippen molar-refractivity contribution < 1.29 is 14.3 Å². The highest BCUT2D eigenvalue weighted by Crippen LogP contribution is 2.19. The predicted molar refractivity (Wildman–Crippen MR) is 89.0 cm³/mol. The van der Waals surface area contributed by atoms with Gasteiger partial charge in [0.05, 0.1) is 12.5 Å². The molecule has 2 aromatic rings. The lowest BCUT2D eigenvalue weighted by Crippen LogP contribution is -2.28. The van der Waals surface area contributed by atoms with Crippen LogP contribution in [0.2, 0.25) is 0 Å². The van der Waals surface area contributed by atoms with Crippen molar-refractivity contribution in [1.29, 1.82) is 0 Å². The standard InChI is InChI=1S/C19H21NO3/c1-14(21)20-10-8-18(13-20)19(22)23-11-9-15-6-7-16-4-2-3-5-17(16)12-15/h2-7,12,18H,8-11,13H2,1H3/t18-/m1/s1. The second-order valence-corrected chi connectivity index (χ2v) is 6.05. The minimum absolute atomic E-state index is 0.0245. The summed E-state index contributed by atoms with van der Waals surface area (Å²) in [5, 5.41) is 2.41. The summed E-state index contributed by atoms with van der Waals surface area (Å²) >= 11 is 0. The molecule has 1 aliphatic heterocycles. The number of likely N-dealkylation sites (tertiary alicyclic amines) is 1. The van der Waals surface area contributed by atoms with Crippen LogP contribution in [0.3, 0.4) is 0 Å². The molecule has 0 saturated carbocycles. The molecule has 0 N–H and O–H groups in total. The number of carbonyl (C=O) groups excluding carboxylic acids is 2. The molecule has 1 saturated heterocycles. The number of fused-ring (bicyclic) bond motifs is 1. The molecule has 3 rings (SSSR count). The monoisotopic (exact) mass is 311 g/mol. The van der Waals surface area contributed by atoms with Gasteiger partial charge < -0.3 is 9.64 Å². The van der Waals surface area contributed by atoms with Crippen LogP contribution in [0.5, 0.6) is 0 Å². The second-order valence-electron chi connectivity index (χ2n) is 6.05. The van der Waals surface area contributed by atoms with Crippen LogP contribution < -0.4 is 0 Å². The number of ether oxygens (including phenoxy) is 1. The second kappa shape index (κ2) is 6.82. The fraction of sp³-hybridized carbons (Fsp3) is 0.368. The van der Waals surface area contributed by atoms with Crippen LogP contribution in [-0.2, 0) is 20.7 Å². The SMILES string of the molecule is CC(=O)N1CC[C@@H](C(=O)OCCc2ccc3ccccc3c2)C1. The van der Waals surface area contributed by atoms with Crippen molar-refractivity contribution in [3.63, 3.8) is 0 Å². The molecule has 4 nitrogen and oxygen atoms in total. The Hall–Kier alpha value is -2.36. The lowest BCUT2D eigenvalue weighted by molar-refractivity contribution is -0.148. The molecule has 0 radical (unpaired) electrons. The van der Waals surface area contributed by atoms with Crippen molar-refractivity contribution in [2.45, 2.75) is 19.8 Å². The summed E-state index contributed by atoms with van der Waals surface area (Å²) in [4.78, 5) is 25.1. The predicted octanol–water partition coefficient (Wildman–Crippen LogP) is 2.79. The van der Waals surface area contributed by atoms with Gasteiger partial charge >= 0.3 is 5.97 Å². The molecule has 1 atom stereocenters. The Morgan fingerprint density at radius 1 is 1.17 bits per heavy atom. The van der Waals surface area contributed by atoms with Gasteiger partial charge in [0.25, 0.3) is 0 Å². The number of hydrogen-bond acceptors (Lipinski definition) is 3. The van der Waals surface area contributed by atoms with E-state index in [1.807, 2.05) is 12.1 Å². The van der Waals surface area contributed by atoms with Crippen LogP contribution in [0.4, 0.5) is 0 Å². The van der Waals surface area contributed by atoms with E-state index in [-0.39, 0.29) is 17.8 Å². The van der Waals surface area contributed by atoms with Gasteiger partial charge in [-0.05, 0) is 22.8 Å². The molecule has 0 spiro atoms. The molecule has 0 aromatic heterocycles. The van der Waals surface area contributed by atoms with E-state index in [4.69, 9.17) is 4.74 Å².